The maximum atomic E-state index is 12.0. The topological polar surface area (TPSA) is 47.6 Å². The van der Waals surface area contributed by atoms with Gasteiger partial charge in [0.1, 0.15) is 0 Å². The van der Waals surface area contributed by atoms with Crippen LogP contribution >= 0.6 is 37.2 Å². The average Bonchev–Trinajstić information content (AvgIpc) is 2.53. The van der Waals surface area contributed by atoms with Crippen molar-refractivity contribution in [3.63, 3.8) is 0 Å². The van der Waals surface area contributed by atoms with E-state index < -0.39 is 0 Å². The lowest BCUT2D eigenvalue weighted by Crippen LogP contribution is -2.47. The molecule has 2 aliphatic heterocycles. The van der Waals surface area contributed by atoms with Gasteiger partial charge in [-0.1, -0.05) is 6.92 Å². The van der Waals surface area contributed by atoms with Crippen molar-refractivity contribution in [1.29, 1.82) is 0 Å². The van der Waals surface area contributed by atoms with Gasteiger partial charge < -0.3 is 20.4 Å². The SMILES string of the molecule is CCN1CCN(CCCNC(=O)C2CCCNC2)CC1.Cl.Cl.Cl. The molecule has 2 fully saturated rings. The number of rotatable bonds is 6. The molecule has 0 bridgehead atoms. The number of hydrogen-bond acceptors (Lipinski definition) is 4. The van der Waals surface area contributed by atoms with Crippen molar-refractivity contribution in [2.75, 3.05) is 58.9 Å². The molecule has 5 nitrogen and oxygen atoms in total. The lowest BCUT2D eigenvalue weighted by atomic mass is 9.99. The van der Waals surface area contributed by atoms with Gasteiger partial charge in [0, 0.05) is 39.3 Å². The summed E-state index contributed by atoms with van der Waals surface area (Å²) in [5.41, 5.74) is 0. The highest BCUT2D eigenvalue weighted by molar-refractivity contribution is 5.86. The van der Waals surface area contributed by atoms with E-state index >= 15 is 0 Å². The predicted octanol–water partition coefficient (Wildman–Crippen LogP) is 1.40. The Labute approximate surface area is 159 Å². The third kappa shape index (κ3) is 9.32. The Morgan fingerprint density at radius 1 is 1.13 bits per heavy atom. The average molecular weight is 392 g/mol. The number of nitrogens with zero attached hydrogens (tertiary/aromatic N) is 2. The summed E-state index contributed by atoms with van der Waals surface area (Å²) in [5, 5.41) is 6.39. The van der Waals surface area contributed by atoms with Crippen LogP contribution in [0.2, 0.25) is 0 Å². The molecule has 0 radical (unpaired) electrons. The Kier molecular flexibility index (Phi) is 16.1. The second-order valence-corrected chi connectivity index (χ2v) is 5.96. The first-order chi connectivity index (χ1) is 9.79. The molecule has 8 heteroatoms. The molecule has 2 N–H and O–H groups in total. The van der Waals surface area contributed by atoms with Gasteiger partial charge in [0.25, 0.3) is 0 Å². The van der Waals surface area contributed by atoms with E-state index in [1.807, 2.05) is 0 Å². The number of likely N-dealkylation sites (N-methyl/N-ethyl adjacent to an activating group) is 1. The quantitative estimate of drug-likeness (QED) is 0.672. The van der Waals surface area contributed by atoms with Crippen LogP contribution in [0.25, 0.3) is 0 Å². The van der Waals surface area contributed by atoms with Crippen molar-refractivity contribution in [2.24, 2.45) is 5.92 Å². The first-order valence-electron chi connectivity index (χ1n) is 8.22. The molecule has 0 aromatic carbocycles. The molecule has 140 valence electrons. The van der Waals surface area contributed by atoms with Crippen molar-refractivity contribution >= 4 is 43.1 Å². The van der Waals surface area contributed by atoms with E-state index in [0.717, 1.165) is 45.4 Å². The Morgan fingerprint density at radius 3 is 2.35 bits per heavy atom. The van der Waals surface area contributed by atoms with Gasteiger partial charge in [-0.3, -0.25) is 4.79 Å². The van der Waals surface area contributed by atoms with E-state index in [9.17, 15) is 4.79 Å². The zero-order valence-electron chi connectivity index (χ0n) is 14.1. The molecule has 0 spiro atoms. The van der Waals surface area contributed by atoms with Crippen LogP contribution in [0, 0.1) is 5.92 Å². The number of halogens is 3. The first-order valence-corrected chi connectivity index (χ1v) is 8.22. The van der Waals surface area contributed by atoms with Gasteiger partial charge in [0.2, 0.25) is 5.91 Å². The van der Waals surface area contributed by atoms with Crippen molar-refractivity contribution in [3.05, 3.63) is 0 Å². The van der Waals surface area contributed by atoms with Crippen molar-refractivity contribution in [3.8, 4) is 0 Å². The fourth-order valence-corrected chi connectivity index (χ4v) is 3.06. The van der Waals surface area contributed by atoms with E-state index in [0.29, 0.717) is 0 Å². The molecule has 2 saturated heterocycles. The van der Waals surface area contributed by atoms with E-state index in [2.05, 4.69) is 27.4 Å². The maximum absolute atomic E-state index is 12.0. The minimum Gasteiger partial charge on any atom is -0.356 e. The molecule has 0 saturated carbocycles. The lowest BCUT2D eigenvalue weighted by molar-refractivity contribution is -0.125. The normalized spacial score (nSPS) is 22.2. The van der Waals surface area contributed by atoms with E-state index in [1.165, 1.54) is 32.7 Å². The molecular weight excluding hydrogens is 359 g/mol. The lowest BCUT2D eigenvalue weighted by Gasteiger charge is -2.34. The molecule has 2 aliphatic rings. The van der Waals surface area contributed by atoms with Crippen LogP contribution in [-0.4, -0.2) is 74.6 Å². The number of hydrogen-bond donors (Lipinski definition) is 2. The summed E-state index contributed by atoms with van der Waals surface area (Å²) in [6.45, 7) is 12.0. The summed E-state index contributed by atoms with van der Waals surface area (Å²) in [6, 6.07) is 0. The summed E-state index contributed by atoms with van der Waals surface area (Å²) < 4.78 is 0. The molecule has 0 aromatic heterocycles. The largest absolute Gasteiger partial charge is 0.356 e. The van der Waals surface area contributed by atoms with Gasteiger partial charge in [-0.2, -0.15) is 0 Å². The predicted molar refractivity (Wildman–Crippen MR) is 104 cm³/mol. The molecule has 0 aromatic rings. The first kappa shape index (κ1) is 25.5. The van der Waals surface area contributed by atoms with Gasteiger partial charge >= 0.3 is 0 Å². The molecule has 1 amide bonds. The Hall–Kier alpha value is 0.220. The molecule has 1 atom stereocenters. The van der Waals surface area contributed by atoms with Gasteiger partial charge in [-0.15, -0.1) is 37.2 Å². The third-order valence-electron chi connectivity index (χ3n) is 4.53. The number of amides is 1. The zero-order valence-corrected chi connectivity index (χ0v) is 16.5. The minimum atomic E-state index is 0. The second kappa shape index (κ2) is 14.6. The van der Waals surface area contributed by atoms with Crippen LogP contribution < -0.4 is 10.6 Å². The highest BCUT2D eigenvalue weighted by Gasteiger charge is 2.20. The van der Waals surface area contributed by atoms with Crippen molar-refractivity contribution in [1.82, 2.24) is 20.4 Å². The van der Waals surface area contributed by atoms with Crippen LogP contribution in [0.1, 0.15) is 26.2 Å². The fourth-order valence-electron chi connectivity index (χ4n) is 3.06. The van der Waals surface area contributed by atoms with Crippen LogP contribution in [0.5, 0.6) is 0 Å². The molecule has 2 rings (SSSR count). The Balaban J connectivity index is 0. The van der Waals surface area contributed by atoms with Gasteiger partial charge in [0.05, 0.1) is 5.92 Å². The van der Waals surface area contributed by atoms with E-state index in [1.54, 1.807) is 0 Å². The van der Waals surface area contributed by atoms with E-state index in [4.69, 9.17) is 0 Å². The number of carbonyl (C=O) groups is 1. The molecule has 1 unspecified atom stereocenters. The summed E-state index contributed by atoms with van der Waals surface area (Å²) in [5.74, 6) is 0.435. The van der Waals surface area contributed by atoms with Crippen LogP contribution in [0.15, 0.2) is 0 Å². The summed E-state index contributed by atoms with van der Waals surface area (Å²) in [7, 11) is 0. The highest BCUT2D eigenvalue weighted by atomic mass is 35.5. The molecular formula is C15H33Cl3N4O. The van der Waals surface area contributed by atoms with Gasteiger partial charge in [0.15, 0.2) is 0 Å². The Morgan fingerprint density at radius 2 is 1.78 bits per heavy atom. The number of carbonyl (C=O) groups excluding carboxylic acids is 1. The molecule has 2 heterocycles. The number of nitrogens with one attached hydrogen (secondary N) is 2. The smallest absolute Gasteiger partial charge is 0.224 e. The van der Waals surface area contributed by atoms with Gasteiger partial charge in [-0.25, -0.2) is 0 Å². The Bertz CT molecular complexity index is 296. The van der Waals surface area contributed by atoms with Crippen LogP contribution in [0.3, 0.4) is 0 Å². The highest BCUT2D eigenvalue weighted by Crippen LogP contribution is 2.09. The third-order valence-corrected chi connectivity index (χ3v) is 4.53. The summed E-state index contributed by atoms with van der Waals surface area (Å²) >= 11 is 0. The second-order valence-electron chi connectivity index (χ2n) is 5.96. The van der Waals surface area contributed by atoms with E-state index in [-0.39, 0.29) is 49.0 Å². The zero-order chi connectivity index (χ0) is 14.2. The van der Waals surface area contributed by atoms with Gasteiger partial charge in [-0.05, 0) is 38.9 Å². The summed E-state index contributed by atoms with van der Waals surface area (Å²) in [4.78, 5) is 17.0. The fraction of sp³-hybridized carbons (Fsp3) is 0.933. The molecule has 23 heavy (non-hydrogen) atoms. The maximum Gasteiger partial charge on any atom is 0.224 e. The van der Waals surface area contributed by atoms with Crippen molar-refractivity contribution < 1.29 is 4.79 Å². The number of piperazine rings is 1. The molecule has 0 aliphatic carbocycles. The summed E-state index contributed by atoms with van der Waals surface area (Å²) in [6.07, 6.45) is 3.23. The van der Waals surface area contributed by atoms with Crippen LogP contribution in [-0.2, 0) is 4.79 Å². The standard InChI is InChI=1S/C15H30N4O.3ClH/c1-2-18-9-11-19(12-10-18)8-4-7-17-15(20)14-5-3-6-16-13-14;;;/h14,16H,2-13H2,1H3,(H,17,20);3*1H. The number of piperidine rings is 1. The minimum absolute atomic E-state index is 0. The van der Waals surface area contributed by atoms with Crippen LogP contribution in [0.4, 0.5) is 0 Å². The van der Waals surface area contributed by atoms with Crippen molar-refractivity contribution in [2.45, 2.75) is 26.2 Å². The monoisotopic (exact) mass is 390 g/mol.